The van der Waals surface area contributed by atoms with Crippen molar-refractivity contribution >= 4 is 0 Å². The monoisotopic (exact) mass is 207 g/mol. The summed E-state index contributed by atoms with van der Waals surface area (Å²) >= 11 is 0. The summed E-state index contributed by atoms with van der Waals surface area (Å²) < 4.78 is 13.4. The van der Waals surface area contributed by atoms with E-state index in [0.29, 0.717) is 18.4 Å². The summed E-state index contributed by atoms with van der Waals surface area (Å²) in [6, 6.07) is 5.34. The van der Waals surface area contributed by atoms with Gasteiger partial charge in [0, 0.05) is 0 Å². The van der Waals surface area contributed by atoms with E-state index in [0.717, 1.165) is 11.1 Å². The van der Waals surface area contributed by atoms with Crippen LogP contribution in [0.1, 0.15) is 30.9 Å². The van der Waals surface area contributed by atoms with Crippen LogP contribution in [-0.4, -0.2) is 6.54 Å². The molecule has 2 rings (SSSR count). The third-order valence-corrected chi connectivity index (χ3v) is 3.95. The summed E-state index contributed by atoms with van der Waals surface area (Å²) in [6.45, 7) is 6.96. The van der Waals surface area contributed by atoms with Crippen LogP contribution in [0.4, 0.5) is 4.39 Å². The fraction of sp³-hybridized carbons (Fsp3) is 0.538. The topological polar surface area (TPSA) is 26.0 Å². The molecule has 1 saturated carbocycles. The van der Waals surface area contributed by atoms with Gasteiger partial charge >= 0.3 is 0 Å². The van der Waals surface area contributed by atoms with Crippen molar-refractivity contribution in [3.63, 3.8) is 0 Å². The first-order valence-electron chi connectivity index (χ1n) is 5.45. The lowest BCUT2D eigenvalue weighted by molar-refractivity contribution is 0.557. The standard InChI is InChI=1S/C13H18FN/c1-8-9(5-4-6-11(8)14)12-10(7-15)13(12,2)3/h4-6,10,12H,7,15H2,1-3H3/t10-,12-/m1/s1. The number of halogens is 1. The van der Waals surface area contributed by atoms with Gasteiger partial charge in [0.1, 0.15) is 5.82 Å². The lowest BCUT2D eigenvalue weighted by Crippen LogP contribution is -2.05. The number of hydrogen-bond acceptors (Lipinski definition) is 1. The molecule has 2 heteroatoms. The van der Waals surface area contributed by atoms with Gasteiger partial charge in [-0.1, -0.05) is 26.0 Å². The van der Waals surface area contributed by atoms with Crippen LogP contribution < -0.4 is 5.73 Å². The van der Waals surface area contributed by atoms with Crippen molar-refractivity contribution in [2.45, 2.75) is 26.7 Å². The SMILES string of the molecule is Cc1c(F)cccc1[C@@H]1[C@@H](CN)C1(C)C. The predicted molar refractivity (Wildman–Crippen MR) is 60.2 cm³/mol. The Morgan fingerprint density at radius 2 is 2.07 bits per heavy atom. The van der Waals surface area contributed by atoms with Crippen LogP contribution in [0.25, 0.3) is 0 Å². The molecule has 0 aliphatic heterocycles. The molecule has 0 amide bonds. The Balaban J connectivity index is 2.37. The Bertz CT molecular complexity index is 384. The van der Waals surface area contributed by atoms with Crippen LogP contribution in [0.15, 0.2) is 18.2 Å². The lowest BCUT2D eigenvalue weighted by Gasteiger charge is -2.07. The average molecular weight is 207 g/mol. The summed E-state index contributed by atoms with van der Waals surface area (Å²) in [6.07, 6.45) is 0. The molecule has 0 heterocycles. The summed E-state index contributed by atoms with van der Waals surface area (Å²) in [5.41, 5.74) is 7.88. The Kier molecular flexibility index (Phi) is 2.34. The minimum absolute atomic E-state index is 0.106. The highest BCUT2D eigenvalue weighted by atomic mass is 19.1. The maximum absolute atomic E-state index is 13.4. The van der Waals surface area contributed by atoms with Gasteiger partial charge in [0.05, 0.1) is 0 Å². The van der Waals surface area contributed by atoms with E-state index in [-0.39, 0.29) is 11.2 Å². The molecule has 2 atom stereocenters. The van der Waals surface area contributed by atoms with Crippen molar-refractivity contribution in [1.29, 1.82) is 0 Å². The molecule has 0 saturated heterocycles. The molecule has 15 heavy (non-hydrogen) atoms. The first kappa shape index (κ1) is 10.6. The normalized spacial score (nSPS) is 27.8. The van der Waals surface area contributed by atoms with Gasteiger partial charge in [-0.15, -0.1) is 0 Å². The molecule has 1 nitrogen and oxygen atoms in total. The molecule has 1 aromatic rings. The van der Waals surface area contributed by atoms with Gasteiger partial charge in [0.2, 0.25) is 0 Å². The zero-order valence-corrected chi connectivity index (χ0v) is 9.55. The molecule has 1 aliphatic rings. The summed E-state index contributed by atoms with van der Waals surface area (Å²) in [5.74, 6) is 0.821. The predicted octanol–water partition coefficient (Wildman–Crippen LogP) is 2.83. The second-order valence-corrected chi connectivity index (χ2v) is 5.10. The molecule has 82 valence electrons. The zero-order valence-electron chi connectivity index (χ0n) is 9.55. The van der Waals surface area contributed by atoms with Gasteiger partial charge in [-0.3, -0.25) is 0 Å². The Morgan fingerprint density at radius 3 is 2.60 bits per heavy atom. The smallest absolute Gasteiger partial charge is 0.126 e. The van der Waals surface area contributed by atoms with Crippen LogP contribution in [0, 0.1) is 24.1 Å². The van der Waals surface area contributed by atoms with Gasteiger partial charge in [0.25, 0.3) is 0 Å². The maximum atomic E-state index is 13.4. The van der Waals surface area contributed by atoms with Crippen molar-refractivity contribution in [1.82, 2.24) is 0 Å². The maximum Gasteiger partial charge on any atom is 0.126 e. The molecule has 0 unspecified atom stereocenters. The van der Waals surface area contributed by atoms with E-state index in [1.54, 1.807) is 6.07 Å². The highest BCUT2D eigenvalue weighted by Gasteiger charge is 2.57. The van der Waals surface area contributed by atoms with Gasteiger partial charge in [-0.25, -0.2) is 4.39 Å². The Hall–Kier alpha value is -0.890. The minimum Gasteiger partial charge on any atom is -0.330 e. The first-order chi connectivity index (χ1) is 7.00. The Morgan fingerprint density at radius 1 is 1.40 bits per heavy atom. The quantitative estimate of drug-likeness (QED) is 0.793. The molecular formula is C13H18FN. The van der Waals surface area contributed by atoms with Crippen molar-refractivity contribution in [3.8, 4) is 0 Å². The van der Waals surface area contributed by atoms with Gasteiger partial charge in [-0.2, -0.15) is 0 Å². The molecule has 1 aliphatic carbocycles. The lowest BCUT2D eigenvalue weighted by atomic mass is 9.98. The van der Waals surface area contributed by atoms with Crippen LogP contribution in [0.2, 0.25) is 0 Å². The molecule has 0 radical (unpaired) electrons. The zero-order chi connectivity index (χ0) is 11.2. The number of benzene rings is 1. The first-order valence-corrected chi connectivity index (χ1v) is 5.45. The number of hydrogen-bond donors (Lipinski definition) is 1. The highest BCUT2D eigenvalue weighted by Crippen LogP contribution is 2.64. The molecule has 0 bridgehead atoms. The second-order valence-electron chi connectivity index (χ2n) is 5.10. The van der Waals surface area contributed by atoms with Gasteiger partial charge in [-0.05, 0) is 47.9 Å². The van der Waals surface area contributed by atoms with E-state index in [1.807, 2.05) is 13.0 Å². The van der Waals surface area contributed by atoms with E-state index in [4.69, 9.17) is 5.73 Å². The van der Waals surface area contributed by atoms with Crippen LogP contribution in [0.3, 0.4) is 0 Å². The molecule has 1 aromatic carbocycles. The fourth-order valence-electron chi connectivity index (χ4n) is 2.76. The van der Waals surface area contributed by atoms with E-state index < -0.39 is 0 Å². The molecule has 0 spiro atoms. The Labute approximate surface area is 90.5 Å². The van der Waals surface area contributed by atoms with E-state index >= 15 is 0 Å². The summed E-state index contributed by atoms with van der Waals surface area (Å²) in [7, 11) is 0. The fourth-order valence-corrected chi connectivity index (χ4v) is 2.76. The van der Waals surface area contributed by atoms with E-state index in [1.165, 1.54) is 6.07 Å². The third-order valence-electron chi connectivity index (χ3n) is 3.95. The van der Waals surface area contributed by atoms with Crippen molar-refractivity contribution in [2.75, 3.05) is 6.54 Å². The average Bonchev–Trinajstić information content (AvgIpc) is 2.73. The summed E-state index contributed by atoms with van der Waals surface area (Å²) in [4.78, 5) is 0. The number of nitrogens with two attached hydrogens (primary N) is 1. The third kappa shape index (κ3) is 1.48. The van der Waals surface area contributed by atoms with Gasteiger partial charge in [0.15, 0.2) is 0 Å². The molecular weight excluding hydrogens is 189 g/mol. The molecule has 0 aromatic heterocycles. The molecule has 2 N–H and O–H groups in total. The van der Waals surface area contributed by atoms with Crippen molar-refractivity contribution in [3.05, 3.63) is 35.1 Å². The van der Waals surface area contributed by atoms with E-state index in [9.17, 15) is 4.39 Å². The van der Waals surface area contributed by atoms with Crippen LogP contribution in [-0.2, 0) is 0 Å². The van der Waals surface area contributed by atoms with Crippen LogP contribution >= 0.6 is 0 Å². The van der Waals surface area contributed by atoms with Gasteiger partial charge < -0.3 is 5.73 Å². The van der Waals surface area contributed by atoms with E-state index in [2.05, 4.69) is 13.8 Å². The highest BCUT2D eigenvalue weighted by molar-refractivity contribution is 5.38. The largest absolute Gasteiger partial charge is 0.330 e. The number of rotatable bonds is 2. The molecule has 1 fully saturated rings. The van der Waals surface area contributed by atoms with Crippen molar-refractivity contribution < 1.29 is 4.39 Å². The summed E-state index contributed by atoms with van der Waals surface area (Å²) in [5, 5.41) is 0. The van der Waals surface area contributed by atoms with Crippen LogP contribution in [0.5, 0.6) is 0 Å². The minimum atomic E-state index is -0.106. The second kappa shape index (κ2) is 3.31. The van der Waals surface area contributed by atoms with Crippen molar-refractivity contribution in [2.24, 2.45) is 17.1 Å².